The maximum absolute atomic E-state index is 11.7. The Bertz CT molecular complexity index is 328. The Morgan fingerprint density at radius 3 is 2.94 bits per heavy atom. The van der Waals surface area contributed by atoms with Gasteiger partial charge in [-0.05, 0) is 49.9 Å². The third kappa shape index (κ3) is 4.23. The number of nitrogens with one attached hydrogen (secondary N) is 3. The molecule has 2 heterocycles. The number of rotatable bonds is 5. The van der Waals surface area contributed by atoms with Crippen LogP contribution in [0, 0.1) is 5.92 Å². The van der Waals surface area contributed by atoms with Crippen molar-refractivity contribution >= 4 is 5.91 Å². The van der Waals surface area contributed by atoms with E-state index < -0.39 is 0 Å². The number of hydrogen-bond acceptors (Lipinski definition) is 2. The van der Waals surface area contributed by atoms with Crippen molar-refractivity contribution < 1.29 is 4.79 Å². The van der Waals surface area contributed by atoms with Crippen molar-refractivity contribution in [1.82, 2.24) is 15.6 Å². The summed E-state index contributed by atoms with van der Waals surface area (Å²) in [6.45, 7) is 2.85. The van der Waals surface area contributed by atoms with Crippen LogP contribution in [0.2, 0.25) is 0 Å². The Labute approximate surface area is 102 Å². The monoisotopic (exact) mass is 235 g/mol. The summed E-state index contributed by atoms with van der Waals surface area (Å²) in [7, 11) is 0. The first-order valence-corrected chi connectivity index (χ1v) is 6.43. The summed E-state index contributed by atoms with van der Waals surface area (Å²) in [6, 6.07) is 2.04. The van der Waals surface area contributed by atoms with Gasteiger partial charge in [-0.2, -0.15) is 0 Å². The molecule has 3 N–H and O–H groups in total. The van der Waals surface area contributed by atoms with E-state index in [4.69, 9.17) is 0 Å². The molecule has 0 spiro atoms. The fraction of sp³-hybridized carbons (Fsp3) is 0.615. The van der Waals surface area contributed by atoms with Crippen LogP contribution < -0.4 is 10.6 Å². The van der Waals surface area contributed by atoms with E-state index >= 15 is 0 Å². The van der Waals surface area contributed by atoms with E-state index in [1.165, 1.54) is 5.56 Å². The number of aromatic nitrogens is 1. The summed E-state index contributed by atoms with van der Waals surface area (Å²) in [6.07, 6.45) is 7.73. The SMILES string of the molecule is O=C(CC1CCNCC1)NCCc1cc[nH]c1. The van der Waals surface area contributed by atoms with Gasteiger partial charge in [-0.3, -0.25) is 4.79 Å². The van der Waals surface area contributed by atoms with Crippen LogP contribution in [-0.2, 0) is 11.2 Å². The quantitative estimate of drug-likeness (QED) is 0.715. The number of hydrogen-bond donors (Lipinski definition) is 3. The van der Waals surface area contributed by atoms with Gasteiger partial charge >= 0.3 is 0 Å². The number of aromatic amines is 1. The van der Waals surface area contributed by atoms with E-state index in [1.54, 1.807) is 0 Å². The lowest BCUT2D eigenvalue weighted by Gasteiger charge is -2.21. The normalized spacial score (nSPS) is 16.9. The molecule has 1 saturated heterocycles. The standard InChI is InChI=1S/C13H21N3O/c17-13(9-11-1-5-14-6-2-11)16-8-4-12-3-7-15-10-12/h3,7,10-11,14-15H,1-2,4-6,8-9H2,(H,16,17). The Balaban J connectivity index is 1.60. The Hall–Kier alpha value is -1.29. The Kier molecular flexibility index (Phi) is 4.62. The van der Waals surface area contributed by atoms with E-state index in [-0.39, 0.29) is 5.91 Å². The van der Waals surface area contributed by atoms with E-state index in [0.29, 0.717) is 12.3 Å². The predicted octanol–water partition coefficient (Wildman–Crippen LogP) is 1.06. The number of amides is 1. The fourth-order valence-corrected chi connectivity index (χ4v) is 2.28. The van der Waals surface area contributed by atoms with Gasteiger partial charge < -0.3 is 15.6 Å². The lowest BCUT2D eigenvalue weighted by molar-refractivity contribution is -0.122. The van der Waals surface area contributed by atoms with Gasteiger partial charge in [-0.15, -0.1) is 0 Å². The van der Waals surface area contributed by atoms with Gasteiger partial charge in [0.05, 0.1) is 0 Å². The minimum Gasteiger partial charge on any atom is -0.367 e. The molecule has 0 radical (unpaired) electrons. The van der Waals surface area contributed by atoms with Gasteiger partial charge in [0, 0.05) is 25.4 Å². The number of carbonyl (C=O) groups is 1. The van der Waals surface area contributed by atoms with Gasteiger partial charge in [-0.1, -0.05) is 0 Å². The molecule has 0 bridgehead atoms. The van der Waals surface area contributed by atoms with Crippen molar-refractivity contribution in [1.29, 1.82) is 0 Å². The molecule has 0 aliphatic carbocycles. The minimum absolute atomic E-state index is 0.201. The van der Waals surface area contributed by atoms with Crippen LogP contribution in [0.4, 0.5) is 0 Å². The summed E-state index contributed by atoms with van der Waals surface area (Å²) in [5.74, 6) is 0.774. The van der Waals surface area contributed by atoms with Gasteiger partial charge in [-0.25, -0.2) is 0 Å². The van der Waals surface area contributed by atoms with Gasteiger partial charge in [0.1, 0.15) is 0 Å². The fourth-order valence-electron chi connectivity index (χ4n) is 2.28. The molecular weight excluding hydrogens is 214 g/mol. The van der Waals surface area contributed by atoms with Gasteiger partial charge in [0.25, 0.3) is 0 Å². The molecule has 0 saturated carbocycles. The van der Waals surface area contributed by atoms with Crippen molar-refractivity contribution in [3.8, 4) is 0 Å². The third-order valence-electron chi connectivity index (χ3n) is 3.33. The molecule has 1 amide bonds. The Morgan fingerprint density at radius 1 is 1.41 bits per heavy atom. The van der Waals surface area contributed by atoms with Crippen molar-refractivity contribution in [2.24, 2.45) is 5.92 Å². The number of carbonyl (C=O) groups excluding carboxylic acids is 1. The summed E-state index contributed by atoms with van der Waals surface area (Å²) >= 11 is 0. The van der Waals surface area contributed by atoms with Crippen LogP contribution >= 0.6 is 0 Å². The first kappa shape index (κ1) is 12.2. The number of piperidine rings is 1. The number of H-pyrrole nitrogens is 1. The highest BCUT2D eigenvalue weighted by atomic mass is 16.1. The molecule has 1 fully saturated rings. The maximum atomic E-state index is 11.7. The smallest absolute Gasteiger partial charge is 0.220 e. The van der Waals surface area contributed by atoms with Crippen molar-refractivity contribution in [2.75, 3.05) is 19.6 Å². The zero-order chi connectivity index (χ0) is 11.9. The first-order chi connectivity index (χ1) is 8.34. The summed E-state index contributed by atoms with van der Waals surface area (Å²) in [5, 5.41) is 6.31. The highest BCUT2D eigenvalue weighted by molar-refractivity contribution is 5.76. The first-order valence-electron chi connectivity index (χ1n) is 6.43. The molecule has 94 valence electrons. The maximum Gasteiger partial charge on any atom is 0.220 e. The van der Waals surface area contributed by atoms with Crippen LogP contribution in [0.5, 0.6) is 0 Å². The molecule has 0 aromatic carbocycles. The molecule has 2 rings (SSSR count). The van der Waals surface area contributed by atoms with E-state index in [9.17, 15) is 4.79 Å². The van der Waals surface area contributed by atoms with Crippen LogP contribution in [-0.4, -0.2) is 30.5 Å². The molecule has 4 nitrogen and oxygen atoms in total. The molecule has 0 unspecified atom stereocenters. The van der Waals surface area contributed by atoms with Crippen molar-refractivity contribution in [2.45, 2.75) is 25.7 Å². The molecular formula is C13H21N3O. The van der Waals surface area contributed by atoms with Crippen LogP contribution in [0.1, 0.15) is 24.8 Å². The lowest BCUT2D eigenvalue weighted by Crippen LogP contribution is -2.32. The van der Waals surface area contributed by atoms with E-state index in [2.05, 4.69) is 15.6 Å². The zero-order valence-electron chi connectivity index (χ0n) is 10.2. The summed E-state index contributed by atoms with van der Waals surface area (Å²) < 4.78 is 0. The highest BCUT2D eigenvalue weighted by Crippen LogP contribution is 2.15. The summed E-state index contributed by atoms with van der Waals surface area (Å²) in [5.41, 5.74) is 1.24. The average molecular weight is 235 g/mol. The van der Waals surface area contributed by atoms with Gasteiger partial charge in [0.15, 0.2) is 0 Å². The molecule has 1 aromatic heterocycles. The lowest BCUT2D eigenvalue weighted by atomic mass is 9.94. The van der Waals surface area contributed by atoms with E-state index in [1.807, 2.05) is 18.5 Å². The zero-order valence-corrected chi connectivity index (χ0v) is 10.2. The topological polar surface area (TPSA) is 56.9 Å². The Morgan fingerprint density at radius 2 is 2.24 bits per heavy atom. The second-order valence-electron chi connectivity index (χ2n) is 4.72. The molecule has 4 heteroatoms. The molecule has 1 aromatic rings. The van der Waals surface area contributed by atoms with Crippen LogP contribution in [0.3, 0.4) is 0 Å². The predicted molar refractivity (Wildman–Crippen MR) is 67.7 cm³/mol. The molecule has 0 atom stereocenters. The average Bonchev–Trinajstić information content (AvgIpc) is 2.83. The minimum atomic E-state index is 0.201. The highest BCUT2D eigenvalue weighted by Gasteiger charge is 2.16. The van der Waals surface area contributed by atoms with E-state index in [0.717, 1.165) is 38.9 Å². The largest absolute Gasteiger partial charge is 0.367 e. The second-order valence-corrected chi connectivity index (χ2v) is 4.72. The van der Waals surface area contributed by atoms with Crippen molar-refractivity contribution in [3.05, 3.63) is 24.0 Å². The van der Waals surface area contributed by atoms with Gasteiger partial charge in [0.2, 0.25) is 5.91 Å². The molecule has 17 heavy (non-hydrogen) atoms. The second kappa shape index (κ2) is 6.45. The third-order valence-corrected chi connectivity index (χ3v) is 3.33. The molecule has 1 aliphatic rings. The molecule has 1 aliphatic heterocycles. The van der Waals surface area contributed by atoms with Crippen LogP contribution in [0.15, 0.2) is 18.5 Å². The van der Waals surface area contributed by atoms with Crippen molar-refractivity contribution in [3.63, 3.8) is 0 Å². The summed E-state index contributed by atoms with van der Waals surface area (Å²) in [4.78, 5) is 14.7. The van der Waals surface area contributed by atoms with Crippen LogP contribution in [0.25, 0.3) is 0 Å².